The van der Waals surface area contributed by atoms with Crippen LogP contribution in [0.3, 0.4) is 0 Å². The Balaban J connectivity index is 1.06. The first-order valence-corrected chi connectivity index (χ1v) is 21.5. The normalized spacial score (nSPS) is 11.7. The molecule has 0 spiro atoms. The molecule has 0 unspecified atom stereocenters. The highest BCUT2D eigenvalue weighted by Crippen LogP contribution is 2.38. The van der Waals surface area contributed by atoms with Crippen LogP contribution in [0.15, 0.2) is 188 Å². The lowest BCUT2D eigenvalue weighted by molar-refractivity contribution is 1.28. The summed E-state index contributed by atoms with van der Waals surface area (Å²) in [5.74, 6) is 0. The van der Waals surface area contributed by atoms with E-state index in [0.717, 1.165) is 34.0 Å². The molecule has 0 aromatic heterocycles. The summed E-state index contributed by atoms with van der Waals surface area (Å²) in [5, 5.41) is 6.46. The van der Waals surface area contributed by atoms with E-state index in [1.54, 1.807) is 0 Å². The number of para-hydroxylation sites is 3. The Morgan fingerprint density at radius 1 is 0.346 bits per heavy atom. The molecule has 0 amide bonds. The van der Waals surface area contributed by atoms with Crippen molar-refractivity contribution in [2.75, 3.05) is 9.80 Å². The van der Waals surface area contributed by atoms with Crippen LogP contribution in [0.2, 0.25) is 19.6 Å². The molecule has 0 fully saturated rings. The first-order valence-electron chi connectivity index (χ1n) is 18.0. The van der Waals surface area contributed by atoms with Gasteiger partial charge in [0.15, 0.2) is 0 Å². The Morgan fingerprint density at radius 2 is 0.731 bits per heavy atom. The molecule has 2 nitrogen and oxygen atoms in total. The molecule has 3 heteroatoms. The second-order valence-electron chi connectivity index (χ2n) is 14.4. The van der Waals surface area contributed by atoms with E-state index in [1.165, 1.54) is 38.0 Å². The molecule has 252 valence electrons. The van der Waals surface area contributed by atoms with Gasteiger partial charge in [-0.05, 0) is 112 Å². The first-order chi connectivity index (χ1) is 25.4. The summed E-state index contributed by atoms with van der Waals surface area (Å²) in [5.41, 5.74) is 9.22. The zero-order valence-electron chi connectivity index (χ0n) is 29.9. The molecular formula is C49H42N2Si. The first kappa shape index (κ1) is 33.0. The van der Waals surface area contributed by atoms with Gasteiger partial charge in [-0.15, -0.1) is 0 Å². The molecule has 0 radical (unpaired) electrons. The Labute approximate surface area is 308 Å². The molecule has 0 aliphatic heterocycles. The Bertz CT molecular complexity index is 2430. The molecule has 0 heterocycles. The summed E-state index contributed by atoms with van der Waals surface area (Å²) < 4.78 is 0. The van der Waals surface area contributed by atoms with Gasteiger partial charge >= 0.3 is 0 Å². The minimum absolute atomic E-state index is 1.13. The topological polar surface area (TPSA) is 6.48 Å². The van der Waals surface area contributed by atoms with Crippen molar-refractivity contribution >= 4 is 81.1 Å². The number of anilines is 6. The van der Waals surface area contributed by atoms with E-state index < -0.39 is 8.07 Å². The summed E-state index contributed by atoms with van der Waals surface area (Å²) in [6, 6.07) is 67.8. The predicted octanol–water partition coefficient (Wildman–Crippen LogP) is 13.6. The molecule has 0 aliphatic rings. The van der Waals surface area contributed by atoms with E-state index >= 15 is 0 Å². The van der Waals surface area contributed by atoms with Crippen molar-refractivity contribution in [3.8, 4) is 0 Å². The van der Waals surface area contributed by atoms with Crippen LogP contribution in [0, 0.1) is 0 Å². The maximum Gasteiger partial charge on any atom is 0.0775 e. The van der Waals surface area contributed by atoms with Crippen LogP contribution in [0.25, 0.3) is 33.7 Å². The number of hydrogen-bond donors (Lipinski definition) is 0. The molecule has 0 saturated carbocycles. The standard InChI is InChI=1S/C49H42N2Si/c1-52(2,3)47-31-28-45(29-32-47)51(43-17-11-6-12-18-43)46-30-34-49-40(36-46)25-24-39-35-38(23-33-48(39)49)20-19-37-21-26-44(27-22-37)50(41-13-7-4-8-14-41)42-15-9-5-10-16-42/h4-36H,1-3H3/b20-19+. The largest absolute Gasteiger partial charge is 0.311 e. The molecule has 52 heavy (non-hydrogen) atoms. The number of fused-ring (bicyclic) bond motifs is 3. The zero-order chi connectivity index (χ0) is 35.5. The number of hydrogen-bond acceptors (Lipinski definition) is 2. The quantitative estimate of drug-likeness (QED) is 0.0847. The summed E-state index contributed by atoms with van der Waals surface area (Å²) in [7, 11) is -1.39. The summed E-state index contributed by atoms with van der Waals surface area (Å²) in [6.07, 6.45) is 4.40. The maximum atomic E-state index is 2.40. The number of benzene rings is 8. The molecule has 0 bridgehead atoms. The minimum atomic E-state index is -1.39. The van der Waals surface area contributed by atoms with Crippen LogP contribution in [0.1, 0.15) is 11.1 Å². The maximum absolute atomic E-state index is 2.40. The molecule has 8 aromatic carbocycles. The van der Waals surface area contributed by atoms with Crippen molar-refractivity contribution in [2.45, 2.75) is 19.6 Å². The monoisotopic (exact) mass is 686 g/mol. The van der Waals surface area contributed by atoms with Crippen LogP contribution in [0.5, 0.6) is 0 Å². The second-order valence-corrected chi connectivity index (χ2v) is 19.4. The van der Waals surface area contributed by atoms with Crippen molar-refractivity contribution in [1.29, 1.82) is 0 Å². The highest BCUT2D eigenvalue weighted by atomic mass is 28.3. The fraction of sp³-hybridized carbons (Fsp3) is 0.0612. The molecule has 8 aromatic rings. The van der Waals surface area contributed by atoms with E-state index in [4.69, 9.17) is 0 Å². The molecule has 8 rings (SSSR count). The fourth-order valence-corrected chi connectivity index (χ4v) is 8.15. The lowest BCUT2D eigenvalue weighted by atomic mass is 9.99. The average molecular weight is 687 g/mol. The van der Waals surface area contributed by atoms with Gasteiger partial charge in [-0.25, -0.2) is 0 Å². The van der Waals surface area contributed by atoms with E-state index in [2.05, 4.69) is 230 Å². The lowest BCUT2D eigenvalue weighted by Gasteiger charge is -2.27. The fourth-order valence-electron chi connectivity index (χ4n) is 6.98. The van der Waals surface area contributed by atoms with Crippen molar-refractivity contribution in [3.05, 3.63) is 199 Å². The van der Waals surface area contributed by atoms with E-state index in [1.807, 2.05) is 0 Å². The molecule has 0 atom stereocenters. The summed E-state index contributed by atoms with van der Waals surface area (Å²) >= 11 is 0. The molecule has 0 saturated heterocycles. The van der Waals surface area contributed by atoms with E-state index in [0.29, 0.717) is 0 Å². The molecular weight excluding hydrogens is 645 g/mol. The zero-order valence-corrected chi connectivity index (χ0v) is 30.9. The summed E-state index contributed by atoms with van der Waals surface area (Å²) in [4.78, 5) is 4.65. The Hall–Kier alpha value is -6.16. The van der Waals surface area contributed by atoms with E-state index in [9.17, 15) is 0 Å². The summed E-state index contributed by atoms with van der Waals surface area (Å²) in [6.45, 7) is 7.19. The SMILES string of the molecule is C[Si](C)(C)c1ccc(N(c2ccccc2)c2ccc3c(ccc4cc(/C=C/c5ccc(N(c6ccccc6)c6ccccc6)cc5)ccc43)c2)cc1. The highest BCUT2D eigenvalue weighted by Gasteiger charge is 2.18. The van der Waals surface area contributed by atoms with E-state index in [-0.39, 0.29) is 0 Å². The predicted molar refractivity (Wildman–Crippen MR) is 229 cm³/mol. The van der Waals surface area contributed by atoms with Gasteiger partial charge in [-0.2, -0.15) is 0 Å². The van der Waals surface area contributed by atoms with Crippen LogP contribution in [0.4, 0.5) is 34.1 Å². The van der Waals surface area contributed by atoms with Crippen molar-refractivity contribution in [3.63, 3.8) is 0 Å². The van der Waals surface area contributed by atoms with Gasteiger partial charge in [0.2, 0.25) is 0 Å². The third-order valence-electron chi connectivity index (χ3n) is 9.76. The van der Waals surface area contributed by atoms with Gasteiger partial charge in [0.1, 0.15) is 0 Å². The van der Waals surface area contributed by atoms with Crippen molar-refractivity contribution in [2.24, 2.45) is 0 Å². The molecule has 0 aliphatic carbocycles. The lowest BCUT2D eigenvalue weighted by Crippen LogP contribution is -2.37. The van der Waals surface area contributed by atoms with Crippen LogP contribution < -0.4 is 15.0 Å². The van der Waals surface area contributed by atoms with Gasteiger partial charge < -0.3 is 9.80 Å². The number of rotatable bonds is 9. The smallest absolute Gasteiger partial charge is 0.0775 e. The number of nitrogens with zero attached hydrogens (tertiary/aromatic N) is 2. The van der Waals surface area contributed by atoms with Crippen LogP contribution >= 0.6 is 0 Å². The van der Waals surface area contributed by atoms with Gasteiger partial charge in [-0.3, -0.25) is 0 Å². The molecule has 0 N–H and O–H groups in total. The van der Waals surface area contributed by atoms with Gasteiger partial charge in [0, 0.05) is 34.1 Å². The Morgan fingerprint density at radius 3 is 1.25 bits per heavy atom. The van der Waals surface area contributed by atoms with Crippen LogP contribution in [-0.4, -0.2) is 8.07 Å². The van der Waals surface area contributed by atoms with Crippen molar-refractivity contribution in [1.82, 2.24) is 0 Å². The van der Waals surface area contributed by atoms with Crippen molar-refractivity contribution < 1.29 is 0 Å². The second kappa shape index (κ2) is 14.2. The average Bonchev–Trinajstić information content (AvgIpc) is 3.19. The minimum Gasteiger partial charge on any atom is -0.311 e. The Kier molecular flexibility index (Phi) is 9.03. The van der Waals surface area contributed by atoms with Crippen LogP contribution in [-0.2, 0) is 0 Å². The van der Waals surface area contributed by atoms with Gasteiger partial charge in [-0.1, -0.05) is 146 Å². The third-order valence-corrected chi connectivity index (χ3v) is 11.8. The third kappa shape index (κ3) is 6.92. The van der Waals surface area contributed by atoms with Gasteiger partial charge in [0.05, 0.1) is 8.07 Å². The van der Waals surface area contributed by atoms with Gasteiger partial charge in [0.25, 0.3) is 0 Å². The highest BCUT2D eigenvalue weighted by molar-refractivity contribution is 6.88.